The molecule has 0 aliphatic rings. The van der Waals surface area contributed by atoms with Gasteiger partial charge >= 0.3 is 0 Å². The molecule has 0 atom stereocenters. The van der Waals surface area contributed by atoms with Crippen LogP contribution in [-0.2, 0) is 14.8 Å². The molecule has 0 aliphatic carbocycles. The number of amides is 1. The van der Waals surface area contributed by atoms with Crippen LogP contribution in [0.15, 0.2) is 76.7 Å². The topological polar surface area (TPSA) is 78.8 Å². The third kappa shape index (κ3) is 5.33. The minimum absolute atomic E-state index is 0.0325. The third-order valence-corrected chi connectivity index (χ3v) is 6.89. The molecular weight excluding hydrogens is 453 g/mol. The lowest BCUT2D eigenvalue weighted by Gasteiger charge is -2.25. The number of hydrogen-bond donors (Lipinski definition) is 1. The van der Waals surface area contributed by atoms with E-state index in [0.717, 1.165) is 16.1 Å². The van der Waals surface area contributed by atoms with Crippen LogP contribution >= 0.6 is 11.6 Å². The molecule has 6 nitrogen and oxygen atoms in total. The fourth-order valence-electron chi connectivity index (χ4n) is 2.92. The van der Waals surface area contributed by atoms with E-state index >= 15 is 0 Å². The lowest BCUT2D eigenvalue weighted by atomic mass is 10.2. The van der Waals surface area contributed by atoms with Crippen molar-refractivity contribution in [1.29, 1.82) is 0 Å². The molecule has 0 radical (unpaired) electrons. The molecule has 0 saturated carbocycles. The van der Waals surface area contributed by atoms with Gasteiger partial charge in [0, 0.05) is 10.6 Å². The molecule has 3 rings (SSSR count). The molecule has 9 heteroatoms. The zero-order valence-electron chi connectivity index (χ0n) is 17.4. The van der Waals surface area contributed by atoms with Gasteiger partial charge in [0.1, 0.15) is 12.4 Å². The second kappa shape index (κ2) is 9.93. The molecule has 3 aromatic rings. The predicted octanol–water partition coefficient (Wildman–Crippen LogP) is 4.44. The minimum Gasteiger partial charge on any atom is -0.271 e. The molecule has 0 spiro atoms. The van der Waals surface area contributed by atoms with Crippen molar-refractivity contribution in [3.05, 3.63) is 94.3 Å². The second-order valence-electron chi connectivity index (χ2n) is 7.02. The maximum absolute atomic E-state index is 13.7. The molecule has 0 bridgehead atoms. The van der Waals surface area contributed by atoms with Crippen molar-refractivity contribution in [2.45, 2.75) is 18.7 Å². The number of halogens is 2. The summed E-state index contributed by atoms with van der Waals surface area (Å²) in [6.07, 6.45) is 1.15. The molecular formula is C23H21ClFN3O3S. The first-order valence-electron chi connectivity index (χ1n) is 9.61. The maximum atomic E-state index is 13.7. The van der Waals surface area contributed by atoms with Crippen LogP contribution in [0.25, 0.3) is 0 Å². The first-order chi connectivity index (χ1) is 15.2. The number of carbonyl (C=O) groups excluding carboxylic acids is 1. The summed E-state index contributed by atoms with van der Waals surface area (Å²) in [5, 5.41) is 4.11. The summed E-state index contributed by atoms with van der Waals surface area (Å²) in [5.74, 6) is -1.20. The molecule has 0 aliphatic heterocycles. The molecule has 0 aromatic heterocycles. The van der Waals surface area contributed by atoms with Gasteiger partial charge in [-0.05, 0) is 49.7 Å². The van der Waals surface area contributed by atoms with Crippen molar-refractivity contribution in [2.24, 2.45) is 5.10 Å². The number of benzene rings is 3. The summed E-state index contributed by atoms with van der Waals surface area (Å²) in [6, 6.07) is 17.0. The average Bonchev–Trinajstić information content (AvgIpc) is 2.76. The number of hydrogen-bond acceptors (Lipinski definition) is 4. The van der Waals surface area contributed by atoms with E-state index in [4.69, 9.17) is 11.6 Å². The smallest absolute Gasteiger partial charge is 0.264 e. The van der Waals surface area contributed by atoms with Crippen LogP contribution in [0.4, 0.5) is 10.1 Å². The second-order valence-corrected chi connectivity index (χ2v) is 9.29. The quantitative estimate of drug-likeness (QED) is 0.407. The zero-order valence-corrected chi connectivity index (χ0v) is 19.0. The fraction of sp³-hybridized carbons (Fsp3) is 0.130. The summed E-state index contributed by atoms with van der Waals surface area (Å²) in [6.45, 7) is 2.96. The number of carbonyl (C=O) groups is 1. The Hall–Kier alpha value is -3.23. The fourth-order valence-corrected chi connectivity index (χ4v) is 4.57. The Labute approximate surface area is 191 Å². The van der Waals surface area contributed by atoms with Gasteiger partial charge in [-0.3, -0.25) is 9.10 Å². The van der Waals surface area contributed by atoms with Crippen LogP contribution in [-0.4, -0.2) is 27.1 Å². The van der Waals surface area contributed by atoms with Crippen molar-refractivity contribution in [3.63, 3.8) is 0 Å². The summed E-state index contributed by atoms with van der Waals surface area (Å²) < 4.78 is 41.5. The van der Waals surface area contributed by atoms with E-state index in [-0.39, 0.29) is 16.1 Å². The normalized spacial score (nSPS) is 11.5. The Balaban J connectivity index is 1.91. The molecule has 0 fully saturated rings. The Morgan fingerprint density at radius 2 is 1.75 bits per heavy atom. The van der Waals surface area contributed by atoms with Gasteiger partial charge in [0.15, 0.2) is 0 Å². The Morgan fingerprint density at radius 3 is 2.44 bits per heavy atom. The number of aryl methyl sites for hydroxylation is 1. The van der Waals surface area contributed by atoms with Crippen LogP contribution < -0.4 is 9.73 Å². The highest BCUT2D eigenvalue weighted by Crippen LogP contribution is 2.30. The monoisotopic (exact) mass is 473 g/mol. The summed E-state index contributed by atoms with van der Waals surface area (Å²) >= 11 is 6.20. The number of nitrogens with one attached hydrogen (secondary N) is 1. The Bertz CT molecular complexity index is 1260. The highest BCUT2D eigenvalue weighted by molar-refractivity contribution is 7.92. The first-order valence-corrected chi connectivity index (χ1v) is 11.4. The Morgan fingerprint density at radius 1 is 1.06 bits per heavy atom. The van der Waals surface area contributed by atoms with Crippen LogP contribution in [0, 0.1) is 19.7 Å². The van der Waals surface area contributed by atoms with Crippen LogP contribution in [0.1, 0.15) is 16.7 Å². The van der Waals surface area contributed by atoms with Crippen molar-refractivity contribution >= 4 is 39.4 Å². The van der Waals surface area contributed by atoms with Crippen LogP contribution in [0.5, 0.6) is 0 Å². The van der Waals surface area contributed by atoms with E-state index in [9.17, 15) is 17.6 Å². The van der Waals surface area contributed by atoms with E-state index in [1.807, 2.05) is 6.92 Å². The highest BCUT2D eigenvalue weighted by atomic mass is 35.5. The van der Waals surface area contributed by atoms with Gasteiger partial charge in [0.05, 0.1) is 16.8 Å². The molecule has 0 unspecified atom stereocenters. The van der Waals surface area contributed by atoms with Gasteiger partial charge in [0.25, 0.3) is 15.9 Å². The highest BCUT2D eigenvalue weighted by Gasteiger charge is 2.28. The van der Waals surface area contributed by atoms with Gasteiger partial charge in [-0.1, -0.05) is 53.6 Å². The van der Waals surface area contributed by atoms with E-state index in [1.165, 1.54) is 30.3 Å². The SMILES string of the molecule is Cc1ccc(S(=O)(=O)N(CC(=O)N/N=C\c2ccccc2F)c2cccc(Cl)c2C)cc1. The first kappa shape index (κ1) is 23.4. The summed E-state index contributed by atoms with van der Waals surface area (Å²) in [4.78, 5) is 12.6. The molecule has 0 heterocycles. The van der Waals surface area contributed by atoms with Crippen molar-refractivity contribution in [2.75, 3.05) is 10.8 Å². The zero-order chi connectivity index (χ0) is 23.3. The van der Waals surface area contributed by atoms with Gasteiger partial charge in [-0.15, -0.1) is 0 Å². The van der Waals surface area contributed by atoms with E-state index in [2.05, 4.69) is 10.5 Å². The largest absolute Gasteiger partial charge is 0.271 e. The number of hydrazone groups is 1. The molecule has 0 saturated heterocycles. The standard InChI is InChI=1S/C23H21ClFN3O3S/c1-16-10-12-19(13-11-16)32(30,31)28(22-9-5-7-20(24)17(22)2)15-23(29)27-26-14-18-6-3-4-8-21(18)25/h3-14H,15H2,1-2H3,(H,27,29)/b26-14-. The van der Waals surface area contributed by atoms with E-state index in [1.54, 1.807) is 43.3 Å². The average molecular weight is 474 g/mol. The third-order valence-electron chi connectivity index (χ3n) is 4.70. The van der Waals surface area contributed by atoms with E-state index in [0.29, 0.717) is 10.6 Å². The number of anilines is 1. The van der Waals surface area contributed by atoms with Crippen molar-refractivity contribution in [1.82, 2.24) is 5.43 Å². The van der Waals surface area contributed by atoms with Gasteiger partial charge in [-0.25, -0.2) is 18.2 Å². The van der Waals surface area contributed by atoms with Crippen LogP contribution in [0.3, 0.4) is 0 Å². The molecule has 1 N–H and O–H groups in total. The molecule has 166 valence electrons. The van der Waals surface area contributed by atoms with Crippen molar-refractivity contribution in [3.8, 4) is 0 Å². The van der Waals surface area contributed by atoms with Gasteiger partial charge in [-0.2, -0.15) is 5.10 Å². The predicted molar refractivity (Wildman–Crippen MR) is 124 cm³/mol. The number of rotatable bonds is 7. The summed E-state index contributed by atoms with van der Waals surface area (Å²) in [5.41, 5.74) is 4.11. The lowest BCUT2D eigenvalue weighted by Crippen LogP contribution is -2.40. The lowest BCUT2D eigenvalue weighted by molar-refractivity contribution is -0.119. The molecule has 1 amide bonds. The van der Waals surface area contributed by atoms with Gasteiger partial charge < -0.3 is 0 Å². The van der Waals surface area contributed by atoms with Crippen LogP contribution in [0.2, 0.25) is 5.02 Å². The van der Waals surface area contributed by atoms with Crippen molar-refractivity contribution < 1.29 is 17.6 Å². The minimum atomic E-state index is -4.09. The number of nitrogens with zero attached hydrogens (tertiary/aromatic N) is 2. The van der Waals surface area contributed by atoms with Gasteiger partial charge in [0.2, 0.25) is 0 Å². The Kier molecular flexibility index (Phi) is 7.27. The summed E-state index contributed by atoms with van der Waals surface area (Å²) in [7, 11) is -4.09. The molecule has 3 aromatic carbocycles. The molecule has 32 heavy (non-hydrogen) atoms. The number of sulfonamides is 1. The maximum Gasteiger partial charge on any atom is 0.264 e. The van der Waals surface area contributed by atoms with E-state index < -0.39 is 28.3 Å².